The molecular weight excluding hydrogens is 256 g/mol. The highest BCUT2D eigenvalue weighted by molar-refractivity contribution is 8.00. The summed E-state index contributed by atoms with van der Waals surface area (Å²) in [6.45, 7) is 0. The smallest absolute Gasteiger partial charge is 0.356 e. The number of methoxy groups -OCH3 is 1. The molecule has 2 aliphatic rings. The minimum atomic E-state index is -1.16. The largest absolute Gasteiger partial charge is 0.498 e. The topological polar surface area (TPSA) is 92.9 Å². The Kier molecular flexibility index (Phi) is 3.72. The quantitative estimate of drug-likeness (QED) is 0.660. The highest BCUT2D eigenvalue weighted by Gasteiger charge is 2.52. The molecule has 2 atom stereocenters. The van der Waals surface area contributed by atoms with E-state index in [-0.39, 0.29) is 29.4 Å². The van der Waals surface area contributed by atoms with Crippen LogP contribution in [0.25, 0.3) is 0 Å². The van der Waals surface area contributed by atoms with Gasteiger partial charge in [-0.25, -0.2) is 4.79 Å². The third-order valence-corrected chi connectivity index (χ3v) is 3.70. The highest BCUT2D eigenvalue weighted by Crippen LogP contribution is 2.39. The SMILES string of the molecule is COC1=C(C(=O)O)N2C(=O)C(N)[C@H]2SC1.Cl. The second kappa shape index (κ2) is 4.52. The van der Waals surface area contributed by atoms with Crippen LogP contribution < -0.4 is 5.73 Å². The number of fused-ring (bicyclic) bond motifs is 1. The standard InChI is InChI=1S/C8H10N2O4S.ClH/c1-14-3-2-15-7-4(9)6(11)10(7)5(3)8(12)13;/h4,7H,2,9H2,1H3,(H,12,13);1H/t4?,7-;/m1./s1. The number of aliphatic carboxylic acids is 1. The number of carbonyl (C=O) groups is 2. The van der Waals surface area contributed by atoms with Gasteiger partial charge >= 0.3 is 5.97 Å². The molecule has 0 aromatic carbocycles. The Morgan fingerprint density at radius 2 is 2.31 bits per heavy atom. The molecule has 1 fully saturated rings. The van der Waals surface area contributed by atoms with Crippen LogP contribution >= 0.6 is 24.2 Å². The van der Waals surface area contributed by atoms with Crippen LogP contribution in [0.5, 0.6) is 0 Å². The fourth-order valence-corrected chi connectivity index (χ4v) is 2.90. The molecule has 3 N–H and O–H groups in total. The van der Waals surface area contributed by atoms with Gasteiger partial charge in [-0.05, 0) is 0 Å². The molecule has 2 heterocycles. The van der Waals surface area contributed by atoms with Crippen LogP contribution in [-0.2, 0) is 14.3 Å². The van der Waals surface area contributed by atoms with Gasteiger partial charge in [-0.2, -0.15) is 0 Å². The average Bonchev–Trinajstić information content (AvgIpc) is 2.25. The molecule has 2 rings (SSSR count). The fourth-order valence-electron chi connectivity index (χ4n) is 1.64. The Hall–Kier alpha value is -0.920. The van der Waals surface area contributed by atoms with Crippen LogP contribution in [0.3, 0.4) is 0 Å². The summed E-state index contributed by atoms with van der Waals surface area (Å²) >= 11 is 1.41. The van der Waals surface area contributed by atoms with Crippen LogP contribution in [0, 0.1) is 0 Å². The lowest BCUT2D eigenvalue weighted by molar-refractivity contribution is -0.148. The zero-order chi connectivity index (χ0) is 11.2. The number of thioether (sulfide) groups is 1. The zero-order valence-electron chi connectivity index (χ0n) is 8.37. The van der Waals surface area contributed by atoms with Crippen LogP contribution in [0.2, 0.25) is 0 Å². The van der Waals surface area contributed by atoms with Gasteiger partial charge in [0.25, 0.3) is 0 Å². The van der Waals surface area contributed by atoms with Gasteiger partial charge in [0.1, 0.15) is 17.2 Å². The van der Waals surface area contributed by atoms with Crippen molar-refractivity contribution in [3.8, 4) is 0 Å². The maximum absolute atomic E-state index is 11.4. The average molecular weight is 267 g/mol. The van der Waals surface area contributed by atoms with E-state index in [4.69, 9.17) is 15.6 Å². The zero-order valence-corrected chi connectivity index (χ0v) is 10.0. The highest BCUT2D eigenvalue weighted by atomic mass is 35.5. The summed E-state index contributed by atoms with van der Waals surface area (Å²) in [6.07, 6.45) is 0. The predicted octanol–water partition coefficient (Wildman–Crippen LogP) is -0.407. The molecule has 0 saturated carbocycles. The molecule has 6 nitrogen and oxygen atoms in total. The maximum Gasteiger partial charge on any atom is 0.356 e. The Morgan fingerprint density at radius 3 is 2.81 bits per heavy atom. The maximum atomic E-state index is 11.4. The summed E-state index contributed by atoms with van der Waals surface area (Å²) in [4.78, 5) is 23.6. The molecule has 0 radical (unpaired) electrons. The normalized spacial score (nSPS) is 27.9. The van der Waals surface area contributed by atoms with E-state index in [1.165, 1.54) is 23.8 Å². The molecule has 0 aromatic heterocycles. The molecule has 0 aromatic rings. The van der Waals surface area contributed by atoms with E-state index in [0.717, 1.165) is 0 Å². The van der Waals surface area contributed by atoms with Gasteiger partial charge in [0.05, 0.1) is 12.9 Å². The van der Waals surface area contributed by atoms with Crippen molar-refractivity contribution in [1.29, 1.82) is 0 Å². The van der Waals surface area contributed by atoms with E-state index in [1.54, 1.807) is 0 Å². The van der Waals surface area contributed by atoms with Gasteiger partial charge in [0.15, 0.2) is 5.70 Å². The van der Waals surface area contributed by atoms with Gasteiger partial charge in [-0.1, -0.05) is 0 Å². The first kappa shape index (κ1) is 13.1. The number of halogens is 1. The molecule has 0 aliphatic carbocycles. The van der Waals surface area contributed by atoms with E-state index in [9.17, 15) is 9.59 Å². The van der Waals surface area contributed by atoms with Gasteiger partial charge < -0.3 is 15.6 Å². The second-order valence-electron chi connectivity index (χ2n) is 3.22. The molecule has 0 bridgehead atoms. The number of ether oxygens (including phenoxy) is 1. The molecule has 2 aliphatic heterocycles. The first-order valence-corrected chi connectivity index (χ1v) is 5.33. The Balaban J connectivity index is 0.00000128. The number of hydrogen-bond donors (Lipinski definition) is 2. The third kappa shape index (κ3) is 1.64. The summed E-state index contributed by atoms with van der Waals surface area (Å²) in [5.74, 6) is -0.777. The molecule has 0 spiro atoms. The van der Waals surface area contributed by atoms with Crippen molar-refractivity contribution in [2.45, 2.75) is 11.4 Å². The van der Waals surface area contributed by atoms with Crippen molar-refractivity contribution in [1.82, 2.24) is 4.90 Å². The minimum Gasteiger partial charge on any atom is -0.498 e. The number of nitrogens with zero attached hydrogens (tertiary/aromatic N) is 1. The number of carboxylic acid groups (broad SMARTS) is 1. The number of carboxylic acids is 1. The van der Waals surface area contributed by atoms with Gasteiger partial charge in [0, 0.05) is 0 Å². The molecular formula is C8H11ClN2O4S. The van der Waals surface area contributed by atoms with Crippen LogP contribution in [0.15, 0.2) is 11.5 Å². The van der Waals surface area contributed by atoms with E-state index < -0.39 is 12.0 Å². The molecule has 1 unspecified atom stereocenters. The number of β-lactam (4-membered cyclic amide) rings is 1. The predicted molar refractivity (Wildman–Crippen MR) is 60.0 cm³/mol. The summed E-state index contributed by atoms with van der Waals surface area (Å²) in [5.41, 5.74) is 5.48. The van der Waals surface area contributed by atoms with E-state index in [1.807, 2.05) is 0 Å². The van der Waals surface area contributed by atoms with Crippen molar-refractivity contribution in [2.75, 3.05) is 12.9 Å². The van der Waals surface area contributed by atoms with Crippen LogP contribution in [0.1, 0.15) is 0 Å². The first-order chi connectivity index (χ1) is 7.07. The van der Waals surface area contributed by atoms with Gasteiger partial charge in [0.2, 0.25) is 5.91 Å². The van der Waals surface area contributed by atoms with E-state index >= 15 is 0 Å². The summed E-state index contributed by atoms with van der Waals surface area (Å²) in [7, 11) is 1.39. The number of hydrogen-bond acceptors (Lipinski definition) is 5. The van der Waals surface area contributed by atoms with Crippen molar-refractivity contribution in [3.05, 3.63) is 11.5 Å². The molecule has 1 saturated heterocycles. The lowest BCUT2D eigenvalue weighted by Crippen LogP contribution is -2.68. The summed E-state index contributed by atoms with van der Waals surface area (Å²) < 4.78 is 4.94. The fraction of sp³-hybridized carbons (Fsp3) is 0.500. The van der Waals surface area contributed by atoms with Gasteiger partial charge in [-0.3, -0.25) is 9.69 Å². The lowest BCUT2D eigenvalue weighted by atomic mass is 10.1. The Morgan fingerprint density at radius 1 is 1.69 bits per heavy atom. The summed E-state index contributed by atoms with van der Waals surface area (Å²) in [5, 5.41) is 8.72. The van der Waals surface area contributed by atoms with Crippen molar-refractivity contribution in [3.63, 3.8) is 0 Å². The number of rotatable bonds is 2. The Bertz CT molecular complexity index is 373. The lowest BCUT2D eigenvalue weighted by Gasteiger charge is -2.47. The third-order valence-electron chi connectivity index (χ3n) is 2.42. The minimum absolute atomic E-state index is 0. The van der Waals surface area contributed by atoms with Crippen LogP contribution in [0.4, 0.5) is 0 Å². The molecule has 16 heavy (non-hydrogen) atoms. The first-order valence-electron chi connectivity index (χ1n) is 4.28. The second-order valence-corrected chi connectivity index (χ2v) is 4.32. The number of nitrogens with two attached hydrogens (primary N) is 1. The van der Waals surface area contributed by atoms with Gasteiger partial charge in [-0.15, -0.1) is 24.2 Å². The monoisotopic (exact) mass is 266 g/mol. The number of amides is 1. The molecule has 90 valence electrons. The molecule has 1 amide bonds. The molecule has 8 heteroatoms. The van der Waals surface area contributed by atoms with Crippen molar-refractivity contribution < 1.29 is 19.4 Å². The van der Waals surface area contributed by atoms with Crippen LogP contribution in [-0.4, -0.2) is 46.2 Å². The van der Waals surface area contributed by atoms with Crippen molar-refractivity contribution in [2.24, 2.45) is 5.73 Å². The van der Waals surface area contributed by atoms with E-state index in [2.05, 4.69) is 0 Å². The number of carbonyl (C=O) groups excluding carboxylic acids is 1. The van der Waals surface area contributed by atoms with E-state index in [0.29, 0.717) is 11.5 Å². The summed E-state index contributed by atoms with van der Waals surface area (Å²) in [6, 6.07) is -0.595. The Labute approximate surface area is 102 Å². The van der Waals surface area contributed by atoms with Crippen molar-refractivity contribution >= 4 is 36.0 Å².